The van der Waals surface area contributed by atoms with Crippen molar-refractivity contribution in [2.24, 2.45) is 0 Å². The molecule has 1 N–H and O–H groups in total. The summed E-state index contributed by atoms with van der Waals surface area (Å²) in [5.74, 6) is 0. The Labute approximate surface area is 107 Å². The van der Waals surface area contributed by atoms with Crippen LogP contribution in [0.1, 0.15) is 38.1 Å². The smallest absolute Gasteiger partial charge is 0.312 e. The van der Waals surface area contributed by atoms with Gasteiger partial charge in [-0.25, -0.2) is 0 Å². The summed E-state index contributed by atoms with van der Waals surface area (Å²) in [6, 6.07) is 0.402. The van der Waals surface area contributed by atoms with Crippen LogP contribution in [0.3, 0.4) is 0 Å². The molecule has 18 heavy (non-hydrogen) atoms. The number of nitrogens with zero attached hydrogens (tertiary/aromatic N) is 3. The van der Waals surface area contributed by atoms with Crippen molar-refractivity contribution in [1.82, 2.24) is 15.1 Å². The number of aromatic nitrogens is 2. The zero-order valence-corrected chi connectivity index (χ0v) is 11.0. The SMILES string of the molecule is CCc1nn(C[C@H]2CCCN2)c(CC)c1[N+](=O)[O-]. The molecule has 0 spiro atoms. The Kier molecular flexibility index (Phi) is 3.96. The second-order valence-electron chi connectivity index (χ2n) is 4.68. The molecule has 0 bridgehead atoms. The molecule has 6 heteroatoms. The minimum absolute atomic E-state index is 0.220. The lowest BCUT2D eigenvalue weighted by Crippen LogP contribution is -2.28. The largest absolute Gasteiger partial charge is 0.313 e. The van der Waals surface area contributed by atoms with E-state index >= 15 is 0 Å². The van der Waals surface area contributed by atoms with Crippen molar-refractivity contribution in [2.75, 3.05) is 6.54 Å². The van der Waals surface area contributed by atoms with Crippen molar-refractivity contribution >= 4 is 5.69 Å². The molecule has 6 nitrogen and oxygen atoms in total. The molecule has 0 aliphatic carbocycles. The van der Waals surface area contributed by atoms with E-state index in [1.165, 1.54) is 6.42 Å². The number of hydrogen-bond acceptors (Lipinski definition) is 4. The van der Waals surface area contributed by atoms with Crippen LogP contribution in [0.4, 0.5) is 5.69 Å². The van der Waals surface area contributed by atoms with Crippen molar-refractivity contribution in [3.8, 4) is 0 Å². The molecule has 1 fully saturated rings. The zero-order valence-electron chi connectivity index (χ0n) is 11.0. The van der Waals surface area contributed by atoms with Gasteiger partial charge in [-0.2, -0.15) is 5.10 Å². The van der Waals surface area contributed by atoms with Gasteiger partial charge in [0, 0.05) is 6.04 Å². The van der Waals surface area contributed by atoms with Crippen molar-refractivity contribution in [1.29, 1.82) is 0 Å². The number of nitro groups is 1. The average Bonchev–Trinajstić information content (AvgIpc) is 2.96. The molecule has 2 rings (SSSR count). The van der Waals surface area contributed by atoms with E-state index in [9.17, 15) is 10.1 Å². The number of nitrogens with one attached hydrogen (secondary N) is 1. The highest BCUT2D eigenvalue weighted by molar-refractivity contribution is 5.41. The fourth-order valence-electron chi connectivity index (χ4n) is 2.61. The molecule has 1 atom stereocenters. The molecule has 0 amide bonds. The molecule has 2 heterocycles. The fourth-order valence-corrected chi connectivity index (χ4v) is 2.61. The molecule has 0 aromatic carbocycles. The topological polar surface area (TPSA) is 73.0 Å². The second-order valence-corrected chi connectivity index (χ2v) is 4.68. The lowest BCUT2D eigenvalue weighted by Gasteiger charge is -2.11. The Morgan fingerprint density at radius 1 is 1.50 bits per heavy atom. The number of rotatable bonds is 5. The molecule has 100 valence electrons. The zero-order chi connectivity index (χ0) is 13.1. The summed E-state index contributed by atoms with van der Waals surface area (Å²) in [5.41, 5.74) is 1.58. The highest BCUT2D eigenvalue weighted by Gasteiger charge is 2.27. The summed E-state index contributed by atoms with van der Waals surface area (Å²) in [7, 11) is 0. The van der Waals surface area contributed by atoms with Crippen LogP contribution in [0.25, 0.3) is 0 Å². The number of hydrogen-bond donors (Lipinski definition) is 1. The van der Waals surface area contributed by atoms with E-state index in [2.05, 4.69) is 10.4 Å². The Balaban J connectivity index is 2.31. The van der Waals surface area contributed by atoms with Gasteiger partial charge in [-0.15, -0.1) is 0 Å². The number of aryl methyl sites for hydroxylation is 1. The van der Waals surface area contributed by atoms with Gasteiger partial charge in [0.1, 0.15) is 11.4 Å². The maximum absolute atomic E-state index is 11.1. The van der Waals surface area contributed by atoms with E-state index in [-0.39, 0.29) is 10.6 Å². The van der Waals surface area contributed by atoms with Gasteiger partial charge in [0.25, 0.3) is 0 Å². The van der Waals surface area contributed by atoms with Crippen LogP contribution in [0, 0.1) is 10.1 Å². The van der Waals surface area contributed by atoms with Gasteiger partial charge in [0.05, 0.1) is 11.5 Å². The lowest BCUT2D eigenvalue weighted by molar-refractivity contribution is -0.386. The van der Waals surface area contributed by atoms with Crippen molar-refractivity contribution in [3.63, 3.8) is 0 Å². The van der Waals surface area contributed by atoms with Gasteiger partial charge in [-0.1, -0.05) is 13.8 Å². The Bertz CT molecular complexity index is 436. The predicted molar refractivity (Wildman–Crippen MR) is 68.7 cm³/mol. The first kappa shape index (κ1) is 13.0. The van der Waals surface area contributed by atoms with E-state index in [1.54, 1.807) is 0 Å². The van der Waals surface area contributed by atoms with Crippen LogP contribution >= 0.6 is 0 Å². The molecular weight excluding hydrogens is 232 g/mol. The third-order valence-electron chi connectivity index (χ3n) is 3.51. The fraction of sp³-hybridized carbons (Fsp3) is 0.750. The first-order valence-electron chi connectivity index (χ1n) is 6.63. The van der Waals surface area contributed by atoms with Crippen molar-refractivity contribution in [2.45, 2.75) is 52.1 Å². The molecule has 1 aliphatic rings. The van der Waals surface area contributed by atoms with Gasteiger partial charge in [-0.05, 0) is 32.2 Å². The van der Waals surface area contributed by atoms with E-state index in [0.717, 1.165) is 25.2 Å². The van der Waals surface area contributed by atoms with Crippen LogP contribution in [-0.4, -0.2) is 27.3 Å². The Morgan fingerprint density at radius 3 is 2.78 bits per heavy atom. The van der Waals surface area contributed by atoms with Crippen LogP contribution in [0.5, 0.6) is 0 Å². The van der Waals surface area contributed by atoms with Crippen molar-refractivity contribution < 1.29 is 4.92 Å². The Morgan fingerprint density at radius 2 is 2.28 bits per heavy atom. The lowest BCUT2D eigenvalue weighted by atomic mass is 10.2. The van der Waals surface area contributed by atoms with Crippen LogP contribution in [0.2, 0.25) is 0 Å². The van der Waals surface area contributed by atoms with Gasteiger partial charge in [0.15, 0.2) is 0 Å². The summed E-state index contributed by atoms with van der Waals surface area (Å²) in [6.07, 6.45) is 3.55. The minimum atomic E-state index is -0.288. The third kappa shape index (κ3) is 2.38. The summed E-state index contributed by atoms with van der Waals surface area (Å²) in [6.45, 7) is 5.63. The Hall–Kier alpha value is -1.43. The first-order valence-corrected chi connectivity index (χ1v) is 6.63. The molecule has 1 aliphatic heterocycles. The van der Waals surface area contributed by atoms with Crippen LogP contribution < -0.4 is 5.32 Å². The predicted octanol–water partition coefficient (Wildman–Crippen LogP) is 1.67. The highest BCUT2D eigenvalue weighted by Crippen LogP contribution is 2.25. The molecule has 0 saturated carbocycles. The maximum Gasteiger partial charge on any atom is 0.313 e. The summed E-state index contributed by atoms with van der Waals surface area (Å²) < 4.78 is 1.83. The maximum atomic E-state index is 11.1. The average molecular weight is 252 g/mol. The van der Waals surface area contributed by atoms with Gasteiger partial charge in [-0.3, -0.25) is 14.8 Å². The first-order chi connectivity index (χ1) is 8.67. The summed E-state index contributed by atoms with van der Waals surface area (Å²) in [4.78, 5) is 10.9. The summed E-state index contributed by atoms with van der Waals surface area (Å²) >= 11 is 0. The third-order valence-corrected chi connectivity index (χ3v) is 3.51. The van der Waals surface area contributed by atoms with E-state index in [4.69, 9.17) is 0 Å². The standard InChI is InChI=1S/C12H20N4O2/c1-3-10-12(16(17)18)11(4-2)15(14-10)8-9-6-5-7-13-9/h9,13H,3-8H2,1-2H3/t9-/m1/s1. The second kappa shape index (κ2) is 5.48. The van der Waals surface area contributed by atoms with Crippen molar-refractivity contribution in [3.05, 3.63) is 21.5 Å². The minimum Gasteiger partial charge on any atom is -0.312 e. The molecule has 0 unspecified atom stereocenters. The molecule has 0 radical (unpaired) electrons. The molecule has 1 aromatic heterocycles. The molecular formula is C12H20N4O2. The highest BCUT2D eigenvalue weighted by atomic mass is 16.6. The van der Waals surface area contributed by atoms with E-state index in [0.29, 0.717) is 24.6 Å². The van der Waals surface area contributed by atoms with Gasteiger partial charge >= 0.3 is 5.69 Å². The quantitative estimate of drug-likeness (QED) is 0.639. The van der Waals surface area contributed by atoms with Gasteiger partial charge < -0.3 is 5.32 Å². The monoisotopic (exact) mass is 252 g/mol. The van der Waals surface area contributed by atoms with E-state index < -0.39 is 0 Å². The van der Waals surface area contributed by atoms with E-state index in [1.807, 2.05) is 18.5 Å². The summed E-state index contributed by atoms with van der Waals surface area (Å²) in [5, 5.41) is 19.0. The normalized spacial score (nSPS) is 19.3. The molecule has 1 saturated heterocycles. The van der Waals surface area contributed by atoms with Gasteiger partial charge in [0.2, 0.25) is 0 Å². The molecule has 1 aromatic rings. The van der Waals surface area contributed by atoms with Crippen LogP contribution in [-0.2, 0) is 19.4 Å². The van der Waals surface area contributed by atoms with Crippen LogP contribution in [0.15, 0.2) is 0 Å².